The Labute approximate surface area is 131 Å². The number of nitrogens with zero attached hydrogens (tertiary/aromatic N) is 2. The number of hydrogen-bond acceptors (Lipinski definition) is 5. The summed E-state index contributed by atoms with van der Waals surface area (Å²) in [4.78, 5) is 16.6. The van der Waals surface area contributed by atoms with Gasteiger partial charge in [0.2, 0.25) is 10.0 Å². The van der Waals surface area contributed by atoms with Crippen LogP contribution >= 0.6 is 11.3 Å². The highest BCUT2D eigenvalue weighted by molar-refractivity contribution is 7.91. The van der Waals surface area contributed by atoms with Crippen molar-refractivity contribution in [2.24, 2.45) is 7.05 Å². The van der Waals surface area contributed by atoms with Gasteiger partial charge in [0.1, 0.15) is 10.0 Å². The van der Waals surface area contributed by atoms with Crippen molar-refractivity contribution in [3.63, 3.8) is 0 Å². The summed E-state index contributed by atoms with van der Waals surface area (Å²) < 4.78 is 28.3. The summed E-state index contributed by atoms with van der Waals surface area (Å²) in [7, 11) is -2.00. The van der Waals surface area contributed by atoms with E-state index in [0.717, 1.165) is 11.3 Å². The minimum atomic E-state index is -3.58. The van der Waals surface area contributed by atoms with Crippen LogP contribution in [0, 0.1) is 0 Å². The van der Waals surface area contributed by atoms with Crippen LogP contribution in [-0.2, 0) is 23.6 Å². The van der Waals surface area contributed by atoms with Crippen LogP contribution in [0.25, 0.3) is 10.9 Å². The molecule has 0 spiro atoms. The summed E-state index contributed by atoms with van der Waals surface area (Å²) in [5, 5.41) is 2.20. The molecule has 1 N–H and O–H groups in total. The lowest BCUT2D eigenvalue weighted by Gasteiger charge is -2.10. The molecule has 8 heteroatoms. The van der Waals surface area contributed by atoms with Gasteiger partial charge in [0.25, 0.3) is 5.56 Å². The molecule has 22 heavy (non-hydrogen) atoms. The molecule has 2 heterocycles. The third-order valence-electron chi connectivity index (χ3n) is 3.26. The maximum atomic E-state index is 12.3. The van der Waals surface area contributed by atoms with E-state index in [4.69, 9.17) is 0 Å². The van der Waals surface area contributed by atoms with Gasteiger partial charge in [-0.15, -0.1) is 11.3 Å². The topological polar surface area (TPSA) is 81.1 Å². The van der Waals surface area contributed by atoms with Crippen LogP contribution in [0.5, 0.6) is 0 Å². The monoisotopic (exact) mass is 335 g/mol. The molecule has 0 radical (unpaired) electrons. The van der Waals surface area contributed by atoms with Crippen molar-refractivity contribution in [1.82, 2.24) is 14.3 Å². The van der Waals surface area contributed by atoms with E-state index >= 15 is 0 Å². The standard InChI is InChI=1S/C14H13N3O3S2/c1-17-12(9-15-22(19,20)13-7-4-8-21-13)16-11-6-3-2-5-10(11)14(17)18/h2-8,15H,9H2,1H3. The molecule has 3 rings (SSSR count). The highest BCUT2D eigenvalue weighted by Crippen LogP contribution is 2.15. The summed E-state index contributed by atoms with van der Waals surface area (Å²) in [6.45, 7) is -0.0448. The molecule has 0 amide bonds. The second-order valence-electron chi connectivity index (χ2n) is 4.67. The van der Waals surface area contributed by atoms with E-state index < -0.39 is 10.0 Å². The molecule has 0 aliphatic rings. The molecule has 0 aliphatic heterocycles. The van der Waals surface area contributed by atoms with E-state index in [1.807, 2.05) is 0 Å². The van der Waals surface area contributed by atoms with Crippen molar-refractivity contribution in [1.29, 1.82) is 0 Å². The Morgan fingerprint density at radius 2 is 2.00 bits per heavy atom. The summed E-state index contributed by atoms with van der Waals surface area (Å²) in [6, 6.07) is 10.2. The van der Waals surface area contributed by atoms with Crippen LogP contribution in [0.4, 0.5) is 0 Å². The lowest BCUT2D eigenvalue weighted by atomic mass is 10.2. The van der Waals surface area contributed by atoms with Crippen LogP contribution in [0.1, 0.15) is 5.82 Å². The van der Waals surface area contributed by atoms with Crippen molar-refractivity contribution in [3.05, 3.63) is 58.0 Å². The largest absolute Gasteiger partial charge is 0.298 e. The first-order valence-electron chi connectivity index (χ1n) is 6.47. The zero-order valence-corrected chi connectivity index (χ0v) is 13.3. The molecule has 114 valence electrons. The molecule has 0 unspecified atom stereocenters. The highest BCUT2D eigenvalue weighted by Gasteiger charge is 2.16. The van der Waals surface area contributed by atoms with Gasteiger partial charge in [-0.1, -0.05) is 18.2 Å². The predicted octanol–water partition coefficient (Wildman–Crippen LogP) is 1.47. The zero-order chi connectivity index (χ0) is 15.7. The lowest BCUT2D eigenvalue weighted by molar-refractivity contribution is 0.578. The average molecular weight is 335 g/mol. The number of sulfonamides is 1. The number of benzene rings is 1. The van der Waals surface area contributed by atoms with E-state index in [1.54, 1.807) is 42.8 Å². The zero-order valence-electron chi connectivity index (χ0n) is 11.7. The van der Waals surface area contributed by atoms with Crippen molar-refractivity contribution < 1.29 is 8.42 Å². The maximum absolute atomic E-state index is 12.3. The fourth-order valence-corrected chi connectivity index (χ4v) is 4.09. The van der Waals surface area contributed by atoms with Crippen molar-refractivity contribution in [2.45, 2.75) is 10.8 Å². The molecule has 2 aromatic heterocycles. The third-order valence-corrected chi connectivity index (χ3v) is 6.05. The molecular weight excluding hydrogens is 322 g/mol. The molecule has 0 bridgehead atoms. The average Bonchev–Trinajstić information content (AvgIpc) is 3.05. The Hall–Kier alpha value is -2.03. The van der Waals surface area contributed by atoms with E-state index in [-0.39, 0.29) is 16.3 Å². The molecule has 0 fully saturated rings. The van der Waals surface area contributed by atoms with Gasteiger partial charge in [0.15, 0.2) is 0 Å². The fourth-order valence-electron chi connectivity index (χ4n) is 2.07. The maximum Gasteiger partial charge on any atom is 0.261 e. The van der Waals surface area contributed by atoms with Crippen LogP contribution in [-0.4, -0.2) is 18.0 Å². The normalized spacial score (nSPS) is 11.9. The number of fused-ring (bicyclic) bond motifs is 1. The smallest absolute Gasteiger partial charge is 0.261 e. The Bertz CT molecular complexity index is 976. The lowest BCUT2D eigenvalue weighted by Crippen LogP contribution is -2.29. The van der Waals surface area contributed by atoms with E-state index in [9.17, 15) is 13.2 Å². The highest BCUT2D eigenvalue weighted by atomic mass is 32.2. The van der Waals surface area contributed by atoms with Gasteiger partial charge in [-0.25, -0.2) is 18.1 Å². The van der Waals surface area contributed by atoms with Gasteiger partial charge in [0, 0.05) is 7.05 Å². The van der Waals surface area contributed by atoms with E-state index in [2.05, 4.69) is 9.71 Å². The minimum Gasteiger partial charge on any atom is -0.298 e. The predicted molar refractivity (Wildman–Crippen MR) is 85.3 cm³/mol. The molecule has 0 saturated carbocycles. The Morgan fingerprint density at radius 1 is 1.23 bits per heavy atom. The number of thiophene rings is 1. The molecule has 3 aromatic rings. The minimum absolute atomic E-state index is 0.0448. The second-order valence-corrected chi connectivity index (χ2v) is 7.61. The quantitative estimate of drug-likeness (QED) is 0.783. The summed E-state index contributed by atoms with van der Waals surface area (Å²) >= 11 is 1.14. The number of nitrogens with one attached hydrogen (secondary N) is 1. The molecule has 1 aromatic carbocycles. The van der Waals surface area contributed by atoms with E-state index in [0.29, 0.717) is 16.7 Å². The van der Waals surface area contributed by atoms with Crippen LogP contribution in [0.3, 0.4) is 0 Å². The van der Waals surface area contributed by atoms with Gasteiger partial charge in [0.05, 0.1) is 17.4 Å². The van der Waals surface area contributed by atoms with Gasteiger partial charge in [-0.2, -0.15) is 0 Å². The van der Waals surface area contributed by atoms with Gasteiger partial charge in [-0.3, -0.25) is 9.36 Å². The van der Waals surface area contributed by atoms with Crippen molar-refractivity contribution in [3.8, 4) is 0 Å². The summed E-state index contributed by atoms with van der Waals surface area (Å²) in [6.07, 6.45) is 0. The number of rotatable bonds is 4. The molecule has 0 saturated heterocycles. The van der Waals surface area contributed by atoms with Crippen LogP contribution in [0.2, 0.25) is 0 Å². The van der Waals surface area contributed by atoms with Crippen molar-refractivity contribution >= 4 is 32.3 Å². The van der Waals surface area contributed by atoms with Gasteiger partial charge < -0.3 is 0 Å². The second kappa shape index (κ2) is 5.64. The van der Waals surface area contributed by atoms with E-state index in [1.165, 1.54) is 10.6 Å². The first-order valence-corrected chi connectivity index (χ1v) is 8.83. The Kier molecular flexibility index (Phi) is 3.81. The molecule has 0 atom stereocenters. The van der Waals surface area contributed by atoms with Crippen LogP contribution in [0.15, 0.2) is 50.8 Å². The summed E-state index contributed by atoms with van der Waals surface area (Å²) in [5.74, 6) is 0.365. The first kappa shape index (κ1) is 14.9. The van der Waals surface area contributed by atoms with Gasteiger partial charge >= 0.3 is 0 Å². The molecule has 6 nitrogen and oxygen atoms in total. The number of para-hydroxylation sites is 1. The molecular formula is C14H13N3O3S2. The summed E-state index contributed by atoms with van der Waals surface area (Å²) in [5.41, 5.74) is 0.354. The van der Waals surface area contributed by atoms with Gasteiger partial charge in [-0.05, 0) is 23.6 Å². The van der Waals surface area contributed by atoms with Crippen molar-refractivity contribution in [2.75, 3.05) is 0 Å². The molecule has 0 aliphatic carbocycles. The SMILES string of the molecule is Cn1c(CNS(=O)(=O)c2cccs2)nc2ccccc2c1=O. The fraction of sp³-hybridized carbons (Fsp3) is 0.143. The first-order chi connectivity index (χ1) is 10.5. The van der Waals surface area contributed by atoms with Crippen LogP contribution < -0.4 is 10.3 Å². The number of aromatic nitrogens is 2. The Morgan fingerprint density at radius 3 is 2.73 bits per heavy atom. The Balaban J connectivity index is 1.95. The number of hydrogen-bond donors (Lipinski definition) is 1. The third kappa shape index (κ3) is 2.68.